The zero-order valence-corrected chi connectivity index (χ0v) is 16.8. The van der Waals surface area contributed by atoms with E-state index in [-0.39, 0.29) is 5.91 Å². The minimum Gasteiger partial charge on any atom is -0.494 e. The van der Waals surface area contributed by atoms with Gasteiger partial charge in [0.1, 0.15) is 5.75 Å². The highest BCUT2D eigenvalue weighted by atomic mass is 79.9. The van der Waals surface area contributed by atoms with Crippen LogP contribution in [0, 0.1) is 6.92 Å². The van der Waals surface area contributed by atoms with Crippen molar-refractivity contribution in [1.29, 1.82) is 0 Å². The number of anilines is 1. The van der Waals surface area contributed by atoms with Crippen LogP contribution in [-0.4, -0.2) is 25.7 Å². The lowest BCUT2D eigenvalue weighted by atomic mass is 9.73. The van der Waals surface area contributed by atoms with Gasteiger partial charge in [-0.25, -0.2) is 0 Å². The van der Waals surface area contributed by atoms with Gasteiger partial charge in [-0.2, -0.15) is 0 Å². The molecule has 1 fully saturated rings. The van der Waals surface area contributed by atoms with E-state index in [1.165, 1.54) is 0 Å². The summed E-state index contributed by atoms with van der Waals surface area (Å²) in [6.45, 7) is 5.75. The van der Waals surface area contributed by atoms with Crippen molar-refractivity contribution in [2.45, 2.75) is 32.1 Å². The van der Waals surface area contributed by atoms with Crippen molar-refractivity contribution >= 4 is 27.5 Å². The van der Waals surface area contributed by atoms with E-state index in [9.17, 15) is 4.79 Å². The van der Waals surface area contributed by atoms with Crippen molar-refractivity contribution < 1.29 is 14.3 Å². The smallest absolute Gasteiger partial charge is 0.235 e. The summed E-state index contributed by atoms with van der Waals surface area (Å²) < 4.78 is 12.1. The first-order chi connectivity index (χ1) is 12.5. The predicted molar refractivity (Wildman–Crippen MR) is 107 cm³/mol. The molecule has 0 aliphatic carbocycles. The molecule has 3 rings (SSSR count). The molecule has 1 amide bonds. The average molecular weight is 418 g/mol. The molecule has 2 aromatic rings. The van der Waals surface area contributed by atoms with E-state index in [0.717, 1.165) is 27.0 Å². The van der Waals surface area contributed by atoms with Crippen LogP contribution in [0.1, 0.15) is 30.9 Å². The number of aryl methyl sites for hydroxylation is 1. The maximum Gasteiger partial charge on any atom is 0.235 e. The summed E-state index contributed by atoms with van der Waals surface area (Å²) in [6.07, 6.45) is 1.35. The second kappa shape index (κ2) is 8.23. The molecule has 4 nitrogen and oxygen atoms in total. The Balaban J connectivity index is 1.86. The number of rotatable bonds is 5. The van der Waals surface area contributed by atoms with Crippen LogP contribution < -0.4 is 10.1 Å². The molecule has 1 aliphatic rings. The molecule has 0 saturated carbocycles. The summed E-state index contributed by atoms with van der Waals surface area (Å²) >= 11 is 3.47. The van der Waals surface area contributed by atoms with Gasteiger partial charge in [0.2, 0.25) is 5.91 Å². The number of carbonyl (C=O) groups is 1. The molecule has 0 radical (unpaired) electrons. The maximum atomic E-state index is 13.3. The Morgan fingerprint density at radius 3 is 2.50 bits per heavy atom. The number of halogens is 1. The van der Waals surface area contributed by atoms with Gasteiger partial charge in [0.15, 0.2) is 0 Å². The van der Waals surface area contributed by atoms with E-state index in [4.69, 9.17) is 9.47 Å². The normalized spacial score (nSPS) is 16.1. The van der Waals surface area contributed by atoms with Crippen LogP contribution in [0.15, 0.2) is 46.9 Å². The second-order valence-corrected chi connectivity index (χ2v) is 7.48. The van der Waals surface area contributed by atoms with Gasteiger partial charge in [-0.15, -0.1) is 0 Å². The van der Waals surface area contributed by atoms with E-state index in [1.54, 1.807) is 0 Å². The summed E-state index contributed by atoms with van der Waals surface area (Å²) in [5.74, 6) is 0.867. The Bertz CT molecular complexity index is 767. The van der Waals surface area contributed by atoms with Gasteiger partial charge in [0, 0.05) is 23.4 Å². The Morgan fingerprint density at radius 1 is 1.19 bits per heavy atom. The second-order valence-electron chi connectivity index (χ2n) is 6.57. The van der Waals surface area contributed by atoms with Gasteiger partial charge < -0.3 is 14.8 Å². The van der Waals surface area contributed by atoms with Gasteiger partial charge in [0.25, 0.3) is 0 Å². The fourth-order valence-electron chi connectivity index (χ4n) is 3.43. The topological polar surface area (TPSA) is 47.6 Å². The molecule has 26 heavy (non-hydrogen) atoms. The van der Waals surface area contributed by atoms with Gasteiger partial charge in [-0.05, 0) is 68.1 Å². The summed E-state index contributed by atoms with van der Waals surface area (Å²) in [4.78, 5) is 13.3. The highest BCUT2D eigenvalue weighted by Gasteiger charge is 2.41. The van der Waals surface area contributed by atoms with Crippen molar-refractivity contribution in [3.05, 3.63) is 58.1 Å². The van der Waals surface area contributed by atoms with E-state index < -0.39 is 5.41 Å². The Morgan fingerprint density at radius 2 is 1.88 bits per heavy atom. The van der Waals surface area contributed by atoms with Gasteiger partial charge in [-0.1, -0.05) is 28.1 Å². The molecule has 0 atom stereocenters. The number of benzene rings is 2. The third-order valence-corrected chi connectivity index (χ3v) is 5.44. The van der Waals surface area contributed by atoms with E-state index >= 15 is 0 Å². The predicted octanol–water partition coefficient (Wildman–Crippen LogP) is 4.84. The van der Waals surface area contributed by atoms with Crippen molar-refractivity contribution in [2.24, 2.45) is 0 Å². The van der Waals surface area contributed by atoms with Crippen LogP contribution >= 0.6 is 15.9 Å². The zero-order chi connectivity index (χ0) is 18.6. The van der Waals surface area contributed by atoms with Crippen LogP contribution in [0.4, 0.5) is 5.69 Å². The Kier molecular flexibility index (Phi) is 5.99. The first-order valence-corrected chi connectivity index (χ1v) is 9.73. The molecule has 1 N–H and O–H groups in total. The molecular weight excluding hydrogens is 394 g/mol. The number of ether oxygens (including phenoxy) is 2. The summed E-state index contributed by atoms with van der Waals surface area (Å²) in [7, 11) is 0. The van der Waals surface area contributed by atoms with Crippen molar-refractivity contribution in [1.82, 2.24) is 0 Å². The van der Waals surface area contributed by atoms with Crippen LogP contribution in [0.5, 0.6) is 5.75 Å². The highest BCUT2D eigenvalue weighted by molar-refractivity contribution is 9.10. The Hall–Kier alpha value is -1.85. The molecule has 1 heterocycles. The third-order valence-electron chi connectivity index (χ3n) is 4.91. The fraction of sp³-hybridized carbons (Fsp3) is 0.381. The quantitative estimate of drug-likeness (QED) is 0.756. The minimum absolute atomic E-state index is 0.0201. The molecular formula is C21H24BrNO3. The summed E-state index contributed by atoms with van der Waals surface area (Å²) in [5, 5.41) is 3.11. The number of amides is 1. The largest absolute Gasteiger partial charge is 0.494 e. The van der Waals surface area contributed by atoms with Crippen LogP contribution in [0.3, 0.4) is 0 Å². The van der Waals surface area contributed by atoms with Crippen LogP contribution in [-0.2, 0) is 14.9 Å². The van der Waals surface area contributed by atoms with Crippen molar-refractivity contribution in [3.8, 4) is 5.75 Å². The van der Waals surface area contributed by atoms with E-state index in [1.807, 2.05) is 56.3 Å². The molecule has 138 valence electrons. The van der Waals surface area contributed by atoms with Crippen LogP contribution in [0.2, 0.25) is 0 Å². The lowest BCUT2D eigenvalue weighted by Crippen LogP contribution is -2.44. The van der Waals surface area contributed by atoms with Crippen molar-refractivity contribution in [3.63, 3.8) is 0 Å². The van der Waals surface area contributed by atoms with Crippen molar-refractivity contribution in [2.75, 3.05) is 25.1 Å². The third kappa shape index (κ3) is 3.94. The highest BCUT2D eigenvalue weighted by Crippen LogP contribution is 2.37. The number of hydrogen-bond donors (Lipinski definition) is 1. The maximum absolute atomic E-state index is 13.3. The lowest BCUT2D eigenvalue weighted by molar-refractivity contribution is -0.125. The molecule has 2 aromatic carbocycles. The molecule has 1 aliphatic heterocycles. The Labute approximate surface area is 163 Å². The lowest BCUT2D eigenvalue weighted by Gasteiger charge is -2.36. The average Bonchev–Trinajstić information content (AvgIpc) is 2.65. The van der Waals surface area contributed by atoms with Crippen LogP contribution in [0.25, 0.3) is 0 Å². The molecule has 5 heteroatoms. The number of nitrogens with one attached hydrogen (secondary N) is 1. The molecule has 0 bridgehead atoms. The monoisotopic (exact) mass is 417 g/mol. The molecule has 1 saturated heterocycles. The molecule has 0 spiro atoms. The first kappa shape index (κ1) is 18.9. The standard InChI is InChI=1S/C21H24BrNO3/c1-3-26-19-9-8-18(14-15(19)2)23-20(24)21(10-12-25-13-11-21)16-4-6-17(22)7-5-16/h4-9,14H,3,10-13H2,1-2H3,(H,23,24). The van der Waals surface area contributed by atoms with Gasteiger partial charge in [0.05, 0.1) is 12.0 Å². The summed E-state index contributed by atoms with van der Waals surface area (Å²) in [6, 6.07) is 13.8. The first-order valence-electron chi connectivity index (χ1n) is 8.94. The number of hydrogen-bond acceptors (Lipinski definition) is 3. The molecule has 0 unspecified atom stereocenters. The molecule has 0 aromatic heterocycles. The van der Waals surface area contributed by atoms with E-state index in [2.05, 4.69) is 21.2 Å². The van der Waals surface area contributed by atoms with Gasteiger partial charge in [-0.3, -0.25) is 4.79 Å². The SMILES string of the molecule is CCOc1ccc(NC(=O)C2(c3ccc(Br)cc3)CCOCC2)cc1C. The zero-order valence-electron chi connectivity index (χ0n) is 15.2. The number of carbonyl (C=O) groups excluding carboxylic acids is 1. The fourth-order valence-corrected chi connectivity index (χ4v) is 3.70. The summed E-state index contributed by atoms with van der Waals surface area (Å²) in [5.41, 5.74) is 2.27. The van der Waals surface area contributed by atoms with Gasteiger partial charge >= 0.3 is 0 Å². The van der Waals surface area contributed by atoms with E-state index in [0.29, 0.717) is 32.7 Å². The minimum atomic E-state index is -0.564.